The van der Waals surface area contributed by atoms with E-state index in [1.54, 1.807) is 6.20 Å². The molecule has 0 spiro atoms. The highest BCUT2D eigenvalue weighted by Gasteiger charge is 2.22. The van der Waals surface area contributed by atoms with Gasteiger partial charge < -0.3 is 0 Å². The van der Waals surface area contributed by atoms with Crippen molar-refractivity contribution in [2.75, 3.05) is 0 Å². The molecule has 114 valence electrons. The van der Waals surface area contributed by atoms with Crippen LogP contribution in [0.2, 0.25) is 0 Å². The van der Waals surface area contributed by atoms with Gasteiger partial charge >= 0.3 is 0 Å². The van der Waals surface area contributed by atoms with Gasteiger partial charge in [0.2, 0.25) is 0 Å². The van der Waals surface area contributed by atoms with Gasteiger partial charge in [-0.1, -0.05) is 24.3 Å². The van der Waals surface area contributed by atoms with Crippen molar-refractivity contribution in [1.82, 2.24) is 4.57 Å². The van der Waals surface area contributed by atoms with E-state index in [1.165, 1.54) is 16.3 Å². The van der Waals surface area contributed by atoms with Gasteiger partial charge in [0.15, 0.2) is 0 Å². The molecule has 0 amide bonds. The molecule has 2 nitrogen and oxygen atoms in total. The van der Waals surface area contributed by atoms with E-state index in [1.807, 2.05) is 30.7 Å². The number of nitrogens with zero attached hydrogens (tertiary/aromatic N) is 2. The lowest BCUT2D eigenvalue weighted by molar-refractivity contribution is -0.665. The van der Waals surface area contributed by atoms with Crippen LogP contribution in [-0.2, 0) is 7.05 Å². The molecule has 23 heavy (non-hydrogen) atoms. The molecule has 0 radical (unpaired) electrons. The third-order valence-corrected chi connectivity index (χ3v) is 4.58. The molecule has 2 heteroatoms. The molecule has 2 aromatic carbocycles. The van der Waals surface area contributed by atoms with E-state index in [0.717, 1.165) is 22.4 Å². The van der Waals surface area contributed by atoms with Crippen LogP contribution >= 0.6 is 0 Å². The highest BCUT2D eigenvalue weighted by Crippen LogP contribution is 2.32. The fraction of sp³-hybridized carbons (Fsp3) is 0.190. The van der Waals surface area contributed by atoms with Crippen molar-refractivity contribution in [2.45, 2.75) is 20.7 Å². The van der Waals surface area contributed by atoms with Crippen molar-refractivity contribution in [3.05, 3.63) is 71.4 Å². The van der Waals surface area contributed by atoms with Crippen molar-refractivity contribution in [3.63, 3.8) is 0 Å². The van der Waals surface area contributed by atoms with Gasteiger partial charge in [0.25, 0.3) is 5.82 Å². The number of fused-ring (bicyclic) bond motifs is 3. The topological polar surface area (TPSA) is 8.81 Å². The number of hydrogen-bond donors (Lipinski definition) is 0. The smallest absolute Gasteiger partial charge is 0.236 e. The SMILES string of the molecule is [2H]C([2H])([2H])c1c[n+](C)c(-n2c3ccccc3c3cccc(C)c32)cc1C. The van der Waals surface area contributed by atoms with Crippen LogP contribution in [0, 0.1) is 20.7 Å². The zero-order chi connectivity index (χ0) is 18.6. The lowest BCUT2D eigenvalue weighted by Crippen LogP contribution is -2.34. The van der Waals surface area contributed by atoms with Crippen LogP contribution in [0.5, 0.6) is 0 Å². The van der Waals surface area contributed by atoms with Gasteiger partial charge in [-0.25, -0.2) is 4.57 Å². The number of para-hydroxylation sites is 2. The first-order chi connectivity index (χ1) is 12.3. The van der Waals surface area contributed by atoms with Gasteiger partial charge in [-0.2, -0.15) is 4.57 Å². The van der Waals surface area contributed by atoms with Crippen LogP contribution in [0.4, 0.5) is 0 Å². The predicted molar refractivity (Wildman–Crippen MR) is 96.2 cm³/mol. The maximum Gasteiger partial charge on any atom is 0.286 e. The van der Waals surface area contributed by atoms with E-state index in [4.69, 9.17) is 4.11 Å². The largest absolute Gasteiger partial charge is 0.286 e. The lowest BCUT2D eigenvalue weighted by atomic mass is 10.1. The maximum atomic E-state index is 7.77. The second kappa shape index (κ2) is 4.95. The van der Waals surface area contributed by atoms with Crippen LogP contribution in [0.3, 0.4) is 0 Å². The Morgan fingerprint density at radius 3 is 2.52 bits per heavy atom. The molecule has 4 aromatic rings. The first kappa shape index (κ1) is 11.0. The number of aromatic nitrogens is 2. The van der Waals surface area contributed by atoms with Crippen molar-refractivity contribution < 1.29 is 8.68 Å². The summed E-state index contributed by atoms with van der Waals surface area (Å²) >= 11 is 0. The van der Waals surface area contributed by atoms with E-state index in [-0.39, 0.29) is 0 Å². The fourth-order valence-corrected chi connectivity index (χ4v) is 3.39. The second-order valence-electron chi connectivity index (χ2n) is 6.16. The molecular weight excluding hydrogens is 280 g/mol. The van der Waals surface area contributed by atoms with E-state index in [9.17, 15) is 0 Å². The number of hydrogen-bond acceptors (Lipinski definition) is 0. The Bertz CT molecular complexity index is 1150. The van der Waals surface area contributed by atoms with Gasteiger partial charge in [-0.15, -0.1) is 0 Å². The molecule has 0 bridgehead atoms. The Morgan fingerprint density at radius 1 is 0.913 bits per heavy atom. The number of aryl methyl sites for hydroxylation is 4. The molecular formula is C21H21N2+. The normalized spacial score (nSPS) is 14.0. The third kappa shape index (κ3) is 1.98. The second-order valence-corrected chi connectivity index (χ2v) is 6.16. The van der Waals surface area contributed by atoms with Crippen molar-refractivity contribution in [2.24, 2.45) is 7.05 Å². The summed E-state index contributed by atoms with van der Waals surface area (Å²) in [6, 6.07) is 16.6. The molecule has 0 atom stereocenters. The van der Waals surface area contributed by atoms with E-state index in [0.29, 0.717) is 5.56 Å². The van der Waals surface area contributed by atoms with Gasteiger partial charge in [0.1, 0.15) is 11.0 Å². The Kier molecular flexibility index (Phi) is 2.37. The van der Waals surface area contributed by atoms with Gasteiger partial charge in [-0.05, 0) is 55.6 Å². The highest BCUT2D eigenvalue weighted by atomic mass is 15.1. The zero-order valence-corrected chi connectivity index (χ0v) is 13.6. The van der Waals surface area contributed by atoms with E-state index in [2.05, 4.69) is 47.9 Å². The predicted octanol–water partition coefficient (Wildman–Crippen LogP) is 4.53. The summed E-state index contributed by atoms with van der Waals surface area (Å²) in [5.41, 5.74) is 4.63. The molecule has 4 rings (SSSR count). The summed E-state index contributed by atoms with van der Waals surface area (Å²) in [5.74, 6) is 0.955. The monoisotopic (exact) mass is 304 g/mol. The van der Waals surface area contributed by atoms with E-state index < -0.39 is 6.85 Å². The maximum absolute atomic E-state index is 7.77. The van der Waals surface area contributed by atoms with Crippen molar-refractivity contribution in [1.29, 1.82) is 0 Å². The molecule has 0 aliphatic rings. The van der Waals surface area contributed by atoms with Gasteiger partial charge in [0.05, 0.1) is 13.2 Å². The summed E-state index contributed by atoms with van der Waals surface area (Å²) in [7, 11) is 1.91. The fourth-order valence-electron chi connectivity index (χ4n) is 3.39. The van der Waals surface area contributed by atoms with Crippen LogP contribution in [0.1, 0.15) is 20.8 Å². The van der Waals surface area contributed by atoms with Crippen LogP contribution in [-0.4, -0.2) is 4.57 Å². The van der Waals surface area contributed by atoms with Crippen LogP contribution in [0.15, 0.2) is 54.7 Å². The molecule has 0 unspecified atom stereocenters. The number of benzene rings is 2. The Balaban J connectivity index is 2.14. The average Bonchev–Trinajstić information content (AvgIpc) is 2.92. The molecule has 0 aliphatic heterocycles. The number of rotatable bonds is 1. The lowest BCUT2D eigenvalue weighted by Gasteiger charge is -2.08. The summed E-state index contributed by atoms with van der Waals surface area (Å²) < 4.78 is 27.4. The minimum Gasteiger partial charge on any atom is -0.236 e. The van der Waals surface area contributed by atoms with Crippen molar-refractivity contribution in [3.8, 4) is 5.82 Å². The Labute approximate surface area is 140 Å². The first-order valence-corrected chi connectivity index (χ1v) is 7.79. The Morgan fingerprint density at radius 2 is 1.70 bits per heavy atom. The molecule has 0 N–H and O–H groups in total. The highest BCUT2D eigenvalue weighted by molar-refractivity contribution is 6.09. The molecule has 2 aromatic heterocycles. The third-order valence-electron chi connectivity index (χ3n) is 4.58. The Hall–Kier alpha value is -2.61. The summed E-state index contributed by atoms with van der Waals surface area (Å²) in [5, 5.41) is 2.40. The average molecular weight is 304 g/mol. The molecule has 0 fully saturated rings. The quantitative estimate of drug-likeness (QED) is 0.457. The van der Waals surface area contributed by atoms with Crippen LogP contribution < -0.4 is 4.57 Å². The molecule has 2 heterocycles. The zero-order valence-electron chi connectivity index (χ0n) is 16.6. The van der Waals surface area contributed by atoms with Gasteiger partial charge in [0, 0.05) is 21.0 Å². The van der Waals surface area contributed by atoms with Gasteiger partial charge in [-0.3, -0.25) is 0 Å². The molecule has 0 saturated carbocycles. The number of pyridine rings is 1. The summed E-state index contributed by atoms with van der Waals surface area (Å²) in [6.07, 6.45) is 1.73. The molecule has 0 saturated heterocycles. The minimum atomic E-state index is -2.11. The molecule has 0 aliphatic carbocycles. The first-order valence-electron chi connectivity index (χ1n) is 9.29. The minimum absolute atomic E-state index is 0.390. The summed E-state index contributed by atoms with van der Waals surface area (Å²) in [6.45, 7) is 1.87. The van der Waals surface area contributed by atoms with Crippen LogP contribution in [0.25, 0.3) is 27.6 Å². The summed E-state index contributed by atoms with van der Waals surface area (Å²) in [4.78, 5) is 0. The van der Waals surface area contributed by atoms with E-state index >= 15 is 0 Å². The van der Waals surface area contributed by atoms with Crippen molar-refractivity contribution >= 4 is 21.8 Å². The standard InChI is InChI=1S/C21H21N2/c1-14-8-7-10-18-17-9-5-6-11-19(17)23(21(14)18)20-12-15(2)16(3)13-22(20)4/h5-13H,1-4H3/q+1/i3D3.